The summed E-state index contributed by atoms with van der Waals surface area (Å²) in [6, 6.07) is 9.73. The van der Waals surface area contributed by atoms with Crippen molar-refractivity contribution in [1.29, 1.82) is 0 Å². The molecule has 3 aliphatic rings. The van der Waals surface area contributed by atoms with Crippen molar-refractivity contribution in [3.8, 4) is 22.3 Å². The number of halogens is 2. The number of nitrogens with zero attached hydrogens (tertiary/aromatic N) is 1. The molecule has 0 bridgehead atoms. The van der Waals surface area contributed by atoms with Crippen molar-refractivity contribution in [3.63, 3.8) is 0 Å². The summed E-state index contributed by atoms with van der Waals surface area (Å²) in [5.74, 6) is -0.0521. The zero-order valence-electron chi connectivity index (χ0n) is 34.8. The topological polar surface area (TPSA) is 150 Å². The van der Waals surface area contributed by atoms with Crippen LogP contribution in [-0.4, -0.2) is 114 Å². The second-order valence-electron chi connectivity index (χ2n) is 16.7. The van der Waals surface area contributed by atoms with Gasteiger partial charge in [-0.05, 0) is 91.4 Å². The maximum Gasteiger partial charge on any atom is 0.408 e. The molecule has 318 valence electrons. The van der Waals surface area contributed by atoms with Crippen LogP contribution in [0.15, 0.2) is 36.4 Å². The van der Waals surface area contributed by atoms with Crippen molar-refractivity contribution in [2.24, 2.45) is 17.8 Å². The SMILES string of the molecule is CC[C@H]1OC(=O)[C@H](C)C(=O)[C@H](C)[C@@H](O[C@@H]2O[C@H](C)C[C@H](N(C)C)[C@H]2O)[C@](C)(OCC#Cc2ccc(-c3cccc(Cl)c3)s2)C[C@](C)(F)C(=O)[C@H](C)[C@@H]2NC(=O)O[C@]12C. The number of carbonyl (C=O) groups is 4. The maximum atomic E-state index is 17.5. The number of ether oxygens (including phenoxy) is 5. The highest BCUT2D eigenvalue weighted by Gasteiger charge is 2.59. The van der Waals surface area contributed by atoms with Crippen LogP contribution in [0.4, 0.5) is 9.18 Å². The fraction of sp³-hybridized carbons (Fsp3) is 0.628. The van der Waals surface area contributed by atoms with Crippen LogP contribution < -0.4 is 5.32 Å². The number of ketones is 2. The zero-order valence-corrected chi connectivity index (χ0v) is 36.4. The lowest BCUT2D eigenvalue weighted by molar-refractivity contribution is -0.297. The van der Waals surface area contributed by atoms with Crippen LogP contribution in [0.5, 0.6) is 0 Å². The highest BCUT2D eigenvalue weighted by Crippen LogP contribution is 2.42. The van der Waals surface area contributed by atoms with Crippen LogP contribution in [0.2, 0.25) is 5.02 Å². The van der Waals surface area contributed by atoms with Gasteiger partial charge in [-0.3, -0.25) is 14.4 Å². The molecule has 5 rings (SSSR count). The number of thiophene rings is 1. The van der Waals surface area contributed by atoms with Crippen LogP contribution >= 0.6 is 22.9 Å². The number of aliphatic hydroxyl groups excluding tert-OH is 1. The van der Waals surface area contributed by atoms with Gasteiger partial charge in [0.15, 0.2) is 29.1 Å². The number of alkyl halides is 1. The van der Waals surface area contributed by atoms with Crippen LogP contribution in [0.1, 0.15) is 79.5 Å². The molecule has 0 saturated carbocycles. The highest BCUT2D eigenvalue weighted by atomic mass is 35.5. The van der Waals surface area contributed by atoms with E-state index in [-0.39, 0.29) is 19.1 Å². The minimum Gasteiger partial charge on any atom is -0.458 e. The van der Waals surface area contributed by atoms with Crippen LogP contribution in [-0.2, 0) is 38.1 Å². The number of benzene rings is 1. The number of fused-ring (bicyclic) bond motifs is 1. The third-order valence-electron chi connectivity index (χ3n) is 11.8. The van der Waals surface area contributed by atoms with Crippen molar-refractivity contribution in [2.45, 2.75) is 134 Å². The molecule has 0 spiro atoms. The molecule has 58 heavy (non-hydrogen) atoms. The Hall–Kier alpha value is -3.42. The second-order valence-corrected chi connectivity index (χ2v) is 18.2. The Morgan fingerprint density at radius 3 is 2.43 bits per heavy atom. The number of Topliss-reactive ketones (excluding diaryl/α,β-unsaturated/α-hetero) is 2. The molecule has 3 saturated heterocycles. The minimum absolute atomic E-state index is 0.159. The van der Waals surface area contributed by atoms with E-state index in [2.05, 4.69) is 17.2 Å². The smallest absolute Gasteiger partial charge is 0.408 e. The Labute approximate surface area is 349 Å². The third kappa shape index (κ3) is 9.62. The number of aliphatic hydroxyl groups is 1. The summed E-state index contributed by atoms with van der Waals surface area (Å²) in [7, 11) is 3.63. The van der Waals surface area contributed by atoms with E-state index in [0.717, 1.165) is 22.2 Å². The highest BCUT2D eigenvalue weighted by molar-refractivity contribution is 7.16. The fourth-order valence-corrected chi connectivity index (χ4v) is 9.75. The lowest BCUT2D eigenvalue weighted by Crippen LogP contribution is -2.62. The number of nitrogens with one attached hydrogen (secondary N) is 1. The van der Waals surface area contributed by atoms with Crippen LogP contribution in [0.3, 0.4) is 0 Å². The first-order valence-electron chi connectivity index (χ1n) is 19.7. The summed E-state index contributed by atoms with van der Waals surface area (Å²) >= 11 is 7.65. The summed E-state index contributed by atoms with van der Waals surface area (Å²) in [6.07, 6.45) is -6.23. The first-order chi connectivity index (χ1) is 27.1. The molecule has 1 aromatic heterocycles. The Morgan fingerprint density at radius 2 is 1.78 bits per heavy atom. The average Bonchev–Trinajstić information content (AvgIpc) is 3.77. The molecule has 1 amide bonds. The number of esters is 1. The molecular formula is C43H56ClFN2O10S. The van der Waals surface area contributed by atoms with Crippen LogP contribution in [0, 0.1) is 29.6 Å². The Balaban J connectivity index is 1.58. The number of alkyl carbamates (subject to hydrolysis) is 1. The Kier molecular flexibility index (Phi) is 14.2. The first kappa shape index (κ1) is 45.7. The van der Waals surface area contributed by atoms with E-state index in [1.54, 1.807) is 13.0 Å². The summed E-state index contributed by atoms with van der Waals surface area (Å²) in [4.78, 5) is 58.9. The van der Waals surface area contributed by atoms with Gasteiger partial charge in [-0.1, -0.05) is 56.3 Å². The van der Waals surface area contributed by atoms with E-state index in [1.165, 1.54) is 46.0 Å². The molecule has 0 unspecified atom stereocenters. The Morgan fingerprint density at radius 1 is 1.07 bits per heavy atom. The normalized spacial score (nSPS) is 37.6. The van der Waals surface area contributed by atoms with Crippen molar-refractivity contribution >= 4 is 46.6 Å². The number of carbonyl (C=O) groups excluding carboxylic acids is 4. The summed E-state index contributed by atoms with van der Waals surface area (Å²) < 4.78 is 48.3. The van der Waals surface area contributed by atoms with Crippen molar-refractivity contribution in [2.75, 3.05) is 20.7 Å². The van der Waals surface area contributed by atoms with E-state index >= 15 is 4.39 Å². The van der Waals surface area contributed by atoms with Gasteiger partial charge in [0.05, 0.1) is 28.7 Å². The molecule has 3 aliphatic heterocycles. The van der Waals surface area contributed by atoms with Crippen molar-refractivity contribution in [3.05, 3.63) is 46.3 Å². The van der Waals surface area contributed by atoms with Crippen LogP contribution in [0.25, 0.3) is 10.4 Å². The number of hydrogen-bond donors (Lipinski definition) is 2. The number of likely N-dealkylation sites (N-methyl/N-ethyl adjacent to an activating group) is 1. The molecule has 15 heteroatoms. The number of amides is 1. The minimum atomic E-state index is -2.65. The molecule has 4 heterocycles. The quantitative estimate of drug-likeness (QED) is 0.182. The lowest BCUT2D eigenvalue weighted by Gasteiger charge is -2.47. The summed E-state index contributed by atoms with van der Waals surface area (Å²) in [6.45, 7) is 11.8. The number of rotatable bonds is 7. The summed E-state index contributed by atoms with van der Waals surface area (Å²) in [5.41, 5.74) is -5.12. The molecular weight excluding hydrogens is 791 g/mol. The first-order valence-corrected chi connectivity index (χ1v) is 20.9. The number of hydrogen-bond acceptors (Lipinski definition) is 12. The van der Waals surface area contributed by atoms with E-state index in [4.69, 9.17) is 35.3 Å². The van der Waals surface area contributed by atoms with Gasteiger partial charge in [0, 0.05) is 34.2 Å². The molecule has 12 nitrogen and oxygen atoms in total. The molecule has 13 atom stereocenters. The van der Waals surface area contributed by atoms with Gasteiger partial charge >= 0.3 is 12.1 Å². The largest absolute Gasteiger partial charge is 0.458 e. The molecule has 2 aromatic rings. The molecule has 0 radical (unpaired) electrons. The van der Waals surface area contributed by atoms with Gasteiger partial charge in [0.25, 0.3) is 0 Å². The number of cyclic esters (lactones) is 1. The van der Waals surface area contributed by atoms with E-state index in [9.17, 15) is 24.3 Å². The van der Waals surface area contributed by atoms with Crippen molar-refractivity contribution < 1.29 is 52.4 Å². The molecule has 2 N–H and O–H groups in total. The van der Waals surface area contributed by atoms with Gasteiger partial charge in [0.2, 0.25) is 0 Å². The zero-order chi connectivity index (χ0) is 42.9. The molecule has 1 aromatic carbocycles. The van der Waals surface area contributed by atoms with Gasteiger partial charge in [-0.2, -0.15) is 0 Å². The Bertz CT molecular complexity index is 1910. The second kappa shape index (κ2) is 18.1. The van der Waals surface area contributed by atoms with Gasteiger partial charge < -0.3 is 39.0 Å². The van der Waals surface area contributed by atoms with Gasteiger partial charge in [-0.25, -0.2) is 9.18 Å². The monoisotopic (exact) mass is 846 g/mol. The maximum absolute atomic E-state index is 17.5. The molecule has 3 fully saturated rings. The average molecular weight is 847 g/mol. The lowest BCUT2D eigenvalue weighted by atomic mass is 9.72. The molecule has 0 aliphatic carbocycles. The van der Waals surface area contributed by atoms with Gasteiger partial charge in [-0.15, -0.1) is 11.3 Å². The van der Waals surface area contributed by atoms with Crippen molar-refractivity contribution in [1.82, 2.24) is 10.2 Å². The predicted octanol–water partition coefficient (Wildman–Crippen LogP) is 6.37. The predicted molar refractivity (Wildman–Crippen MR) is 217 cm³/mol. The fourth-order valence-electron chi connectivity index (χ4n) is 8.68. The van der Waals surface area contributed by atoms with E-state index < -0.39 is 101 Å². The third-order valence-corrected chi connectivity index (χ3v) is 13.1. The summed E-state index contributed by atoms with van der Waals surface area (Å²) in [5, 5.41) is 14.8. The van der Waals surface area contributed by atoms with E-state index in [0.29, 0.717) is 11.4 Å². The van der Waals surface area contributed by atoms with E-state index in [1.807, 2.05) is 56.3 Å². The van der Waals surface area contributed by atoms with Gasteiger partial charge in [0.1, 0.15) is 24.7 Å². The standard InChI is InChI=1S/C43H56ClFN2O10S/c1-11-32-43(8)35(46-40(52)57-43)26(5)36(50)41(6,45)22-42(7,53-19-13-16-29-17-18-31(58-29)27-14-12-15-28(44)21-27)37(24(3)33(48)25(4)38(51)55-32)56-39-34(49)30(47(9)10)20-23(2)54-39/h12,14-15,17-18,21,23-26,30,32,34-35,37,39,49H,11,19-20,22H2,1-10H3,(H,46,52)/t23-,24+,25-,26-,30+,32-,34-,35+,37-,39+,41+,42-,43-/m1/s1.